The summed E-state index contributed by atoms with van der Waals surface area (Å²) in [6.07, 6.45) is 6.28. The standard InChI is InChI=1S/C27H34N4O3/c1-29-24-21(22(18-32)25(29)26(33)28-13-16-30-14-5-6-15-30)17-31-23(24)12-11-20(27(31)34)10-9-19-7-3-2-4-8-19/h2-4,7-12,21-22,24-25,32H,5-6,13-18H2,1H3,(H,28,33)/b10-9+/t21-,22-,24+,25-/m1/s1. The second-order valence-electron chi connectivity index (χ2n) is 9.78. The highest BCUT2D eigenvalue weighted by Crippen LogP contribution is 2.48. The molecular weight excluding hydrogens is 428 g/mol. The minimum absolute atomic E-state index is 0.0178. The quantitative estimate of drug-likeness (QED) is 0.657. The SMILES string of the molecule is CN1[C@@H]2c3ccc(/C=C/c4ccccc4)c(=O)n3C[C@@H]2[C@@H](CO)[C@@H]1C(=O)NCCN1CCCC1. The van der Waals surface area contributed by atoms with E-state index in [2.05, 4.69) is 15.1 Å². The molecule has 7 heteroatoms. The van der Waals surface area contributed by atoms with Crippen LogP contribution in [0, 0.1) is 11.8 Å². The average Bonchev–Trinajstić information content (AvgIpc) is 3.56. The normalized spacial score (nSPS) is 26.8. The number of likely N-dealkylation sites (tertiary alicyclic amines) is 2. The molecule has 180 valence electrons. The highest BCUT2D eigenvalue weighted by atomic mass is 16.3. The molecule has 0 radical (unpaired) electrons. The van der Waals surface area contributed by atoms with Gasteiger partial charge in [0, 0.05) is 49.3 Å². The topological polar surface area (TPSA) is 77.8 Å². The van der Waals surface area contributed by atoms with Gasteiger partial charge in [-0.3, -0.25) is 14.5 Å². The van der Waals surface area contributed by atoms with Crippen LogP contribution < -0.4 is 10.9 Å². The van der Waals surface area contributed by atoms with E-state index in [4.69, 9.17) is 0 Å². The number of aliphatic hydroxyl groups is 1. The molecule has 2 fully saturated rings. The lowest BCUT2D eigenvalue weighted by molar-refractivity contribution is -0.127. The van der Waals surface area contributed by atoms with Gasteiger partial charge in [0.2, 0.25) is 5.91 Å². The lowest BCUT2D eigenvalue weighted by atomic mass is 9.88. The Morgan fingerprint density at radius 1 is 1.12 bits per heavy atom. The lowest BCUT2D eigenvalue weighted by Crippen LogP contribution is -2.48. The molecule has 34 heavy (non-hydrogen) atoms. The molecule has 2 saturated heterocycles. The molecule has 4 heterocycles. The number of aromatic nitrogens is 1. The van der Waals surface area contributed by atoms with E-state index in [1.54, 1.807) is 0 Å². The molecule has 2 N–H and O–H groups in total. The first kappa shape index (κ1) is 23.0. The van der Waals surface area contributed by atoms with E-state index in [1.807, 2.05) is 66.2 Å². The molecule has 3 aliphatic rings. The summed E-state index contributed by atoms with van der Waals surface area (Å²) >= 11 is 0. The molecule has 0 aliphatic carbocycles. The number of nitrogens with zero attached hydrogens (tertiary/aromatic N) is 3. The minimum atomic E-state index is -0.389. The summed E-state index contributed by atoms with van der Waals surface area (Å²) in [4.78, 5) is 30.8. The largest absolute Gasteiger partial charge is 0.396 e. The zero-order valence-corrected chi connectivity index (χ0v) is 19.8. The molecule has 0 spiro atoms. The molecule has 3 aliphatic heterocycles. The molecule has 1 aromatic carbocycles. The van der Waals surface area contributed by atoms with Crippen LogP contribution >= 0.6 is 0 Å². The Morgan fingerprint density at radius 2 is 1.88 bits per heavy atom. The zero-order chi connectivity index (χ0) is 23.7. The number of pyridine rings is 1. The summed E-state index contributed by atoms with van der Waals surface area (Å²) in [5.74, 6) is -0.193. The van der Waals surface area contributed by atoms with E-state index in [1.165, 1.54) is 12.8 Å². The van der Waals surface area contributed by atoms with Crippen LogP contribution in [0.3, 0.4) is 0 Å². The zero-order valence-electron chi connectivity index (χ0n) is 19.8. The number of aliphatic hydroxyl groups excluding tert-OH is 1. The van der Waals surface area contributed by atoms with Gasteiger partial charge in [0.25, 0.3) is 5.56 Å². The van der Waals surface area contributed by atoms with E-state index < -0.39 is 0 Å². The van der Waals surface area contributed by atoms with Gasteiger partial charge in [-0.05, 0) is 56.8 Å². The molecule has 0 saturated carbocycles. The van der Waals surface area contributed by atoms with E-state index in [0.717, 1.165) is 30.9 Å². The van der Waals surface area contributed by atoms with Crippen molar-refractivity contribution in [3.63, 3.8) is 0 Å². The maximum absolute atomic E-state index is 13.2. The summed E-state index contributed by atoms with van der Waals surface area (Å²) in [6, 6.07) is 13.4. The van der Waals surface area contributed by atoms with Crippen molar-refractivity contribution in [2.45, 2.75) is 31.5 Å². The van der Waals surface area contributed by atoms with Crippen molar-refractivity contribution in [2.75, 3.05) is 39.8 Å². The van der Waals surface area contributed by atoms with Gasteiger partial charge in [-0.15, -0.1) is 0 Å². The maximum atomic E-state index is 13.2. The number of fused-ring (bicyclic) bond motifs is 3. The third-order valence-electron chi connectivity index (χ3n) is 7.83. The number of carbonyl (C=O) groups excluding carboxylic acids is 1. The van der Waals surface area contributed by atoms with E-state index in [-0.39, 0.29) is 42.0 Å². The van der Waals surface area contributed by atoms with Crippen LogP contribution in [-0.2, 0) is 11.3 Å². The van der Waals surface area contributed by atoms with Crippen LogP contribution in [0.2, 0.25) is 0 Å². The summed E-state index contributed by atoms with van der Waals surface area (Å²) in [5, 5.41) is 13.3. The Morgan fingerprint density at radius 3 is 2.62 bits per heavy atom. The van der Waals surface area contributed by atoms with Crippen LogP contribution in [0.25, 0.3) is 12.2 Å². The molecule has 2 aromatic rings. The summed E-state index contributed by atoms with van der Waals surface area (Å²) < 4.78 is 1.83. The van der Waals surface area contributed by atoms with Gasteiger partial charge in [-0.1, -0.05) is 36.4 Å². The Kier molecular flexibility index (Phi) is 6.68. The number of amides is 1. The van der Waals surface area contributed by atoms with Gasteiger partial charge in [-0.25, -0.2) is 0 Å². The number of carbonyl (C=O) groups is 1. The summed E-state index contributed by atoms with van der Waals surface area (Å²) in [5.41, 5.74) is 2.60. The second-order valence-corrected chi connectivity index (χ2v) is 9.78. The molecule has 4 atom stereocenters. The third kappa shape index (κ3) is 4.24. The van der Waals surface area contributed by atoms with Gasteiger partial charge in [-0.2, -0.15) is 0 Å². The molecule has 0 unspecified atom stereocenters. The lowest BCUT2D eigenvalue weighted by Gasteiger charge is -2.27. The first-order valence-corrected chi connectivity index (χ1v) is 12.4. The number of rotatable bonds is 7. The Balaban J connectivity index is 1.32. The first-order valence-electron chi connectivity index (χ1n) is 12.4. The molecule has 1 amide bonds. The highest BCUT2D eigenvalue weighted by molar-refractivity contribution is 5.82. The maximum Gasteiger partial charge on any atom is 0.258 e. The van der Waals surface area contributed by atoms with E-state index >= 15 is 0 Å². The van der Waals surface area contributed by atoms with Crippen molar-refractivity contribution in [3.05, 3.63) is 69.6 Å². The Labute approximate surface area is 200 Å². The number of hydrogen-bond acceptors (Lipinski definition) is 5. The van der Waals surface area contributed by atoms with Crippen molar-refractivity contribution >= 4 is 18.1 Å². The number of likely N-dealkylation sites (N-methyl/N-ethyl adjacent to an activating group) is 1. The van der Waals surface area contributed by atoms with Crippen LogP contribution in [0.5, 0.6) is 0 Å². The van der Waals surface area contributed by atoms with Gasteiger partial charge in [0.15, 0.2) is 0 Å². The van der Waals surface area contributed by atoms with Gasteiger partial charge >= 0.3 is 0 Å². The Hall–Kier alpha value is -2.74. The average molecular weight is 463 g/mol. The Bertz CT molecular complexity index is 1110. The van der Waals surface area contributed by atoms with Crippen molar-refractivity contribution in [1.29, 1.82) is 0 Å². The van der Waals surface area contributed by atoms with Gasteiger partial charge < -0.3 is 19.9 Å². The first-order chi connectivity index (χ1) is 16.6. The predicted octanol–water partition coefficient (Wildman–Crippen LogP) is 1.82. The number of nitrogens with one attached hydrogen (secondary N) is 1. The highest BCUT2D eigenvalue weighted by Gasteiger charge is 2.54. The van der Waals surface area contributed by atoms with Crippen molar-refractivity contribution in [3.8, 4) is 0 Å². The van der Waals surface area contributed by atoms with Gasteiger partial charge in [0.1, 0.15) is 0 Å². The van der Waals surface area contributed by atoms with Crippen molar-refractivity contribution < 1.29 is 9.90 Å². The van der Waals surface area contributed by atoms with Crippen molar-refractivity contribution in [1.82, 2.24) is 19.7 Å². The summed E-state index contributed by atoms with van der Waals surface area (Å²) in [7, 11) is 1.95. The second kappa shape index (κ2) is 9.86. The molecule has 0 bridgehead atoms. The van der Waals surface area contributed by atoms with E-state index in [0.29, 0.717) is 18.7 Å². The van der Waals surface area contributed by atoms with Gasteiger partial charge in [0.05, 0.1) is 12.1 Å². The molecule has 1 aromatic heterocycles. The number of hydrogen-bond donors (Lipinski definition) is 2. The predicted molar refractivity (Wildman–Crippen MR) is 133 cm³/mol. The molecule has 7 nitrogen and oxygen atoms in total. The minimum Gasteiger partial charge on any atom is -0.396 e. The van der Waals surface area contributed by atoms with Crippen LogP contribution in [0.4, 0.5) is 0 Å². The van der Waals surface area contributed by atoms with E-state index in [9.17, 15) is 14.7 Å². The fourth-order valence-corrected chi connectivity index (χ4v) is 6.12. The monoisotopic (exact) mass is 462 g/mol. The number of benzene rings is 1. The molecule has 5 rings (SSSR count). The van der Waals surface area contributed by atoms with Crippen molar-refractivity contribution in [2.24, 2.45) is 11.8 Å². The fraction of sp³-hybridized carbons (Fsp3) is 0.481. The van der Waals surface area contributed by atoms with Crippen LogP contribution in [0.15, 0.2) is 47.3 Å². The molecular formula is C27H34N4O3. The summed E-state index contributed by atoms with van der Waals surface area (Å²) in [6.45, 7) is 4.17. The van der Waals surface area contributed by atoms with Crippen LogP contribution in [-0.4, -0.2) is 71.3 Å². The smallest absolute Gasteiger partial charge is 0.258 e. The fourth-order valence-electron chi connectivity index (χ4n) is 6.12. The third-order valence-corrected chi connectivity index (χ3v) is 7.83. The van der Waals surface area contributed by atoms with Crippen LogP contribution in [0.1, 0.15) is 35.7 Å².